The maximum Gasteiger partial charge on any atom is 0.335 e. The van der Waals surface area contributed by atoms with Gasteiger partial charge in [0.25, 0.3) is 0 Å². The minimum atomic E-state index is -2.79. The third-order valence-electron chi connectivity index (χ3n) is 23.3. The highest BCUT2D eigenvalue weighted by atomic mass is 35.5. The van der Waals surface area contributed by atoms with Gasteiger partial charge in [-0.25, -0.2) is 9.59 Å². The highest BCUT2D eigenvalue weighted by Crippen LogP contribution is 2.53. The van der Waals surface area contributed by atoms with E-state index in [0.29, 0.717) is 25.0 Å². The fraction of sp³-hybridized carbons (Fsp3) is 0.407. The van der Waals surface area contributed by atoms with Gasteiger partial charge in [-0.2, -0.15) is 0 Å². The first-order valence-electron chi connectivity index (χ1n) is 41.4. The van der Waals surface area contributed by atoms with Crippen LogP contribution in [0.3, 0.4) is 0 Å². The van der Waals surface area contributed by atoms with Crippen LogP contribution in [-0.2, 0) is 62.1 Å². The number of fused-ring (bicyclic) bond motifs is 14. The first-order chi connectivity index (χ1) is 63.6. The number of hydrogen-bond donors (Lipinski definition) is 25. The van der Waals surface area contributed by atoms with Crippen molar-refractivity contribution in [2.75, 3.05) is 20.3 Å². The number of nitrogens with one attached hydrogen (secondary N) is 8. The van der Waals surface area contributed by atoms with Crippen molar-refractivity contribution in [2.45, 2.75) is 193 Å². The van der Waals surface area contributed by atoms with E-state index in [-0.39, 0.29) is 29.9 Å². The van der Waals surface area contributed by atoms with Gasteiger partial charge in [-0.05, 0) is 120 Å². The summed E-state index contributed by atoms with van der Waals surface area (Å²) in [5.41, 5.74) is -5.62. The number of carbonyl (C=O) groups is 9. The summed E-state index contributed by atoms with van der Waals surface area (Å²) in [7, 11) is 1.32. The molecule has 24 unspecified atom stereocenters. The van der Waals surface area contributed by atoms with Gasteiger partial charge in [0.15, 0.2) is 47.2 Å². The summed E-state index contributed by atoms with van der Waals surface area (Å²) in [5, 5.41) is 210. The molecule has 134 heavy (non-hydrogen) atoms. The van der Waals surface area contributed by atoms with Gasteiger partial charge in [0.05, 0.1) is 38.3 Å². The Kier molecular flexibility index (Phi) is 30.0. The Labute approximate surface area is 782 Å². The average Bonchev–Trinajstić information content (AvgIpc) is 0.748. The average molecular weight is 1970 g/mol. The fourth-order valence-electron chi connectivity index (χ4n) is 16.3. The van der Waals surface area contributed by atoms with Crippen LogP contribution in [0.25, 0.3) is 11.1 Å². The Hall–Kier alpha value is -11.2. The molecule has 25 N–H and O–H groups in total. The van der Waals surface area contributed by atoms with Gasteiger partial charge < -0.3 is 172 Å². The van der Waals surface area contributed by atoms with Crippen LogP contribution >= 0.6 is 58.0 Å². The number of ether oxygens (including phenoxy) is 9. The zero-order valence-electron chi connectivity index (χ0n) is 70.0. The van der Waals surface area contributed by atoms with E-state index in [0.717, 1.165) is 79.2 Å². The number of phenolic OH excluding ortho intramolecular Hbond substituents is 4. The summed E-state index contributed by atoms with van der Waals surface area (Å²) < 4.78 is 56.2. The Morgan fingerprint density at radius 2 is 1.04 bits per heavy atom. The number of carbonyl (C=O) groups excluding carboxylic acids is 7. The van der Waals surface area contributed by atoms with Gasteiger partial charge in [0, 0.05) is 40.8 Å². The second-order valence-corrected chi connectivity index (χ2v) is 34.8. The fourth-order valence-corrected chi connectivity index (χ4v) is 17.6. The van der Waals surface area contributed by atoms with Crippen molar-refractivity contribution in [3.8, 4) is 80.1 Å². The quantitative estimate of drug-likeness (QED) is 0.0548. The number of carboxylic acids is 2. The Morgan fingerprint density at radius 3 is 1.65 bits per heavy atom. The number of halogens is 5. The van der Waals surface area contributed by atoms with Crippen molar-refractivity contribution < 1.29 is 173 Å². The molecule has 7 aromatic rings. The summed E-state index contributed by atoms with van der Waals surface area (Å²) in [4.78, 5) is 139. The highest BCUT2D eigenvalue weighted by molar-refractivity contribution is 6.37. The molecule has 24 atom stereocenters. The summed E-state index contributed by atoms with van der Waals surface area (Å²) in [6, 6.07) is -4.52. The van der Waals surface area contributed by atoms with Crippen LogP contribution in [-0.4, -0.2) is 265 Å². The van der Waals surface area contributed by atoms with Crippen LogP contribution < -0.4 is 66.2 Å². The minimum absolute atomic E-state index is 0.0419. The number of aromatic hydroxyl groups is 4. The van der Waals surface area contributed by atoms with E-state index in [2.05, 4.69) is 42.5 Å². The van der Waals surface area contributed by atoms with E-state index >= 15 is 24.0 Å². The molecule has 17 bridgehead atoms. The lowest BCUT2D eigenvalue weighted by Crippen LogP contribution is -2.66. The van der Waals surface area contributed by atoms with Gasteiger partial charge in [-0.3, -0.25) is 33.6 Å². The maximum absolute atomic E-state index is 17.1. The first-order valence-corrected chi connectivity index (χ1v) is 43.2. The molecule has 48 heteroatoms. The topological polar surface area (TPSA) is 677 Å². The van der Waals surface area contributed by atoms with Crippen LogP contribution in [0.2, 0.25) is 25.1 Å². The Bertz CT molecular complexity index is 5720. The Morgan fingerprint density at radius 1 is 0.470 bits per heavy atom. The van der Waals surface area contributed by atoms with E-state index in [4.69, 9.17) is 101 Å². The van der Waals surface area contributed by atoms with Gasteiger partial charge in [-0.15, -0.1) is 0 Å². The molecule has 3 fully saturated rings. The van der Waals surface area contributed by atoms with Crippen LogP contribution in [0, 0.1) is 5.92 Å². The second-order valence-electron chi connectivity index (χ2n) is 32.8. The number of phenols is 4. The molecule has 43 nitrogen and oxygen atoms in total. The van der Waals surface area contributed by atoms with E-state index in [1.165, 1.54) is 19.2 Å². The number of carboxylic acid groups (broad SMARTS) is 2. The first kappa shape index (κ1) is 98.8. The molecule has 0 aromatic heterocycles. The number of likely N-dealkylation sites (N-methyl/N-ethyl adjacent to an activating group) is 1. The number of amides is 7. The van der Waals surface area contributed by atoms with Crippen molar-refractivity contribution in [3.05, 3.63) is 161 Å². The molecule has 7 amide bonds. The lowest BCUT2D eigenvalue weighted by Gasteiger charge is -2.43. The normalized spacial score (nSPS) is 29.3. The summed E-state index contributed by atoms with van der Waals surface area (Å²) >= 11 is 36.3. The lowest BCUT2D eigenvalue weighted by atomic mass is 9.89. The van der Waals surface area contributed by atoms with Crippen LogP contribution in [0.1, 0.15) is 127 Å². The zero-order chi connectivity index (χ0) is 96.9. The molecule has 16 rings (SSSR count). The molecule has 0 saturated carbocycles. The van der Waals surface area contributed by atoms with Crippen molar-refractivity contribution >= 4 is 111 Å². The molecule has 0 aliphatic carbocycles. The maximum atomic E-state index is 17.1. The van der Waals surface area contributed by atoms with E-state index in [1.807, 2.05) is 13.8 Å². The summed E-state index contributed by atoms with van der Waals surface area (Å²) in [6.45, 7) is 1.77. The number of unbranched alkanes of at least 4 members (excludes halogenated alkanes) is 2. The standard InChI is InChI=1S/C86H89Cl5N8O35/c1-27(2)7-5-4-6-8-51(106)93-60-65(110)68(113)75(83(124)125)134-84(60)131-71-32-16-40(89)73(41(90)17-32)128-48-20-31-19-47(74(48)133-86-70(115)67(112)64(109)50(26-101)130-86)127-45-12-10-29(14-38(45)87)62(107)59-80(120)96-57(37-23-34(24-44(105)53(37)91)126-46-18-28(9-11-42(46)103)54(92-3)76(116)98-59)79(119)95-56(31)77(117)94-55-30-13-36(72(39(88)15-30)132-85-69(114)66(111)63(108)49(25-100)129-85)52-35(21-33(102)22-43(52)104)58(82(122)123)97-81(121)61(71)99-78(55)118/h9-24,27,49-50,54-71,75,84-86,92,100-105,107-115H,4-8,25-26H2,1-3H3,(H,93,106)(H,94,117)(H,95,119)(H,96,120)(H,97,121)(H,98,116)(H,99,118)(H,122,123)(H,124,125). The molecule has 3 saturated heterocycles. The van der Waals surface area contributed by atoms with E-state index < -0.39 is 346 Å². The smallest absolute Gasteiger partial charge is 0.335 e. The number of hydrogen-bond acceptors (Lipinski definition) is 34. The molecule has 0 radical (unpaired) electrons. The third kappa shape index (κ3) is 20.2. The van der Waals surface area contributed by atoms with Gasteiger partial charge in [0.2, 0.25) is 59.7 Å². The van der Waals surface area contributed by atoms with Crippen LogP contribution in [0.5, 0.6) is 69.0 Å². The minimum Gasteiger partial charge on any atom is -0.508 e. The number of rotatable bonds is 18. The predicted octanol–water partition coefficient (Wildman–Crippen LogP) is 2.29. The summed E-state index contributed by atoms with van der Waals surface area (Å²) in [6.07, 6.45) is -34.5. The monoisotopic (exact) mass is 1970 g/mol. The molecule has 9 aliphatic heterocycles. The van der Waals surface area contributed by atoms with Crippen molar-refractivity contribution in [1.82, 2.24) is 42.5 Å². The molecule has 9 aliphatic rings. The van der Waals surface area contributed by atoms with Crippen molar-refractivity contribution in [1.29, 1.82) is 0 Å². The molecule has 9 heterocycles. The molecule has 0 spiro atoms. The largest absolute Gasteiger partial charge is 0.508 e. The lowest BCUT2D eigenvalue weighted by molar-refractivity contribution is -0.278. The Balaban J connectivity index is 1.06. The van der Waals surface area contributed by atoms with Crippen LogP contribution in [0.15, 0.2) is 97.1 Å². The van der Waals surface area contributed by atoms with Gasteiger partial charge >= 0.3 is 11.9 Å². The zero-order valence-corrected chi connectivity index (χ0v) is 73.7. The molecule has 7 aromatic carbocycles. The molecular formula is C86H89Cl5N8O35. The van der Waals surface area contributed by atoms with E-state index in [1.54, 1.807) is 0 Å². The number of aliphatic carboxylic acids is 2. The van der Waals surface area contributed by atoms with Gasteiger partial charge in [-0.1, -0.05) is 103 Å². The molecule has 718 valence electrons. The second kappa shape index (κ2) is 40.8. The SMILES string of the molecule is CNC1C(=O)NC2C(=O)NC(C(=O)NC3C(=O)NC4C(=O)NC(C(=O)NC(C(=O)O)c5cc(O)cc(O)c5-c5cc4cc(Cl)c5OC4OC(CO)C(O)C(O)C4O)C(OC4OC(C(=O)O)C(O)C(O)C4NC(=O)CCCCCC(C)C)c4cc(Cl)c(c(Cl)c4)Oc4cc3cc(c4OC3OC(CO)C(O)C(O)C3O)Oc3ccc(cc3Cl)C2O)c2cc(cc(O)c2Cl)Oc2cc1ccc2O. The highest BCUT2D eigenvalue weighted by Gasteiger charge is 2.54. The van der Waals surface area contributed by atoms with Crippen LogP contribution in [0.4, 0.5) is 0 Å². The summed E-state index contributed by atoms with van der Waals surface area (Å²) in [5.74, 6) is -23.7. The number of benzene rings is 7. The van der Waals surface area contributed by atoms with Crippen molar-refractivity contribution in [3.63, 3.8) is 0 Å². The van der Waals surface area contributed by atoms with Gasteiger partial charge in [0.1, 0.15) is 150 Å². The van der Waals surface area contributed by atoms with E-state index in [9.17, 15) is 106 Å². The van der Waals surface area contributed by atoms with Crippen molar-refractivity contribution in [2.24, 2.45) is 5.92 Å². The molecular weight excluding hydrogens is 1880 g/mol. The third-order valence-corrected chi connectivity index (χ3v) is 24.8. The predicted molar refractivity (Wildman–Crippen MR) is 459 cm³/mol. The number of aliphatic hydroxyl groups excluding tert-OH is 11. The number of aliphatic hydroxyl groups is 11.